The molecule has 0 aliphatic rings. The average Bonchev–Trinajstić information content (AvgIpc) is 2.30. The number of methoxy groups -OCH3 is 2. The highest BCUT2D eigenvalue weighted by atomic mass is 16.5. The van der Waals surface area contributed by atoms with E-state index in [1.54, 1.807) is 14.2 Å². The minimum absolute atomic E-state index is 0.336. The predicted molar refractivity (Wildman–Crippen MR) is 62.9 cm³/mol. The van der Waals surface area contributed by atoms with Crippen LogP contribution in [0.5, 0.6) is 11.5 Å². The first-order chi connectivity index (χ1) is 7.77. The van der Waals surface area contributed by atoms with Gasteiger partial charge < -0.3 is 14.2 Å². The zero-order valence-corrected chi connectivity index (χ0v) is 9.87. The standard InChI is InChI=1S/C13H16O3/c1-11-6-7-12(13(10-11)15-3)16-9-5-4-8-14-2/h6-7,10H,8-9H2,1-3H3. The molecule has 16 heavy (non-hydrogen) atoms. The molecule has 0 heterocycles. The van der Waals surface area contributed by atoms with Crippen molar-refractivity contribution in [2.75, 3.05) is 27.4 Å². The number of aryl methyl sites for hydroxylation is 1. The first-order valence-electron chi connectivity index (χ1n) is 5.00. The lowest BCUT2D eigenvalue weighted by Crippen LogP contribution is -1.97. The SMILES string of the molecule is COCC#CCOc1ccc(C)cc1OC. The smallest absolute Gasteiger partial charge is 0.162 e. The Kier molecular flexibility index (Phi) is 5.24. The molecule has 0 saturated heterocycles. The normalized spacial score (nSPS) is 9.19. The molecular weight excluding hydrogens is 204 g/mol. The molecule has 0 unspecified atom stereocenters. The molecule has 0 atom stereocenters. The van der Waals surface area contributed by atoms with Gasteiger partial charge in [-0.05, 0) is 24.6 Å². The lowest BCUT2D eigenvalue weighted by atomic mass is 10.2. The molecule has 0 amide bonds. The summed E-state index contributed by atoms with van der Waals surface area (Å²) in [5.41, 5.74) is 1.13. The van der Waals surface area contributed by atoms with Crippen LogP contribution in [-0.2, 0) is 4.74 Å². The third-order valence-corrected chi connectivity index (χ3v) is 1.96. The van der Waals surface area contributed by atoms with Crippen LogP contribution >= 0.6 is 0 Å². The van der Waals surface area contributed by atoms with Crippen LogP contribution in [0.15, 0.2) is 18.2 Å². The minimum Gasteiger partial charge on any atom is -0.493 e. The van der Waals surface area contributed by atoms with Crippen LogP contribution < -0.4 is 9.47 Å². The second kappa shape index (κ2) is 6.76. The molecule has 0 bridgehead atoms. The van der Waals surface area contributed by atoms with E-state index in [4.69, 9.17) is 14.2 Å². The Morgan fingerprint density at radius 3 is 2.50 bits per heavy atom. The Balaban J connectivity index is 2.57. The van der Waals surface area contributed by atoms with E-state index in [0.717, 1.165) is 11.3 Å². The van der Waals surface area contributed by atoms with E-state index in [-0.39, 0.29) is 0 Å². The molecule has 0 spiro atoms. The van der Waals surface area contributed by atoms with E-state index in [1.807, 2.05) is 25.1 Å². The third-order valence-electron chi connectivity index (χ3n) is 1.96. The molecule has 0 fully saturated rings. The van der Waals surface area contributed by atoms with Gasteiger partial charge in [0.05, 0.1) is 7.11 Å². The largest absolute Gasteiger partial charge is 0.493 e. The maximum Gasteiger partial charge on any atom is 0.162 e. The van der Waals surface area contributed by atoms with Crippen molar-refractivity contribution < 1.29 is 14.2 Å². The molecule has 0 aliphatic carbocycles. The molecule has 1 aromatic carbocycles. The van der Waals surface area contributed by atoms with Crippen LogP contribution in [0.2, 0.25) is 0 Å². The number of rotatable bonds is 4. The highest BCUT2D eigenvalue weighted by Gasteiger charge is 2.02. The summed E-state index contributed by atoms with van der Waals surface area (Å²) < 4.78 is 15.5. The molecule has 86 valence electrons. The van der Waals surface area contributed by atoms with Gasteiger partial charge in [-0.25, -0.2) is 0 Å². The fourth-order valence-corrected chi connectivity index (χ4v) is 1.18. The topological polar surface area (TPSA) is 27.7 Å². The fourth-order valence-electron chi connectivity index (χ4n) is 1.18. The van der Waals surface area contributed by atoms with E-state index in [2.05, 4.69) is 11.8 Å². The van der Waals surface area contributed by atoms with E-state index < -0.39 is 0 Å². The van der Waals surface area contributed by atoms with Crippen LogP contribution in [0, 0.1) is 18.8 Å². The van der Waals surface area contributed by atoms with Crippen molar-refractivity contribution in [1.29, 1.82) is 0 Å². The second-order valence-corrected chi connectivity index (χ2v) is 3.23. The van der Waals surface area contributed by atoms with Gasteiger partial charge in [0.2, 0.25) is 0 Å². The predicted octanol–water partition coefficient (Wildman–Crippen LogP) is 2.03. The highest BCUT2D eigenvalue weighted by molar-refractivity contribution is 5.42. The molecule has 1 aromatic rings. The molecule has 3 nitrogen and oxygen atoms in total. The first-order valence-corrected chi connectivity index (χ1v) is 5.00. The van der Waals surface area contributed by atoms with Crippen molar-refractivity contribution >= 4 is 0 Å². The Hall–Kier alpha value is -1.66. The zero-order chi connectivity index (χ0) is 11.8. The van der Waals surface area contributed by atoms with Crippen molar-refractivity contribution in [2.45, 2.75) is 6.92 Å². The number of benzene rings is 1. The summed E-state index contributed by atoms with van der Waals surface area (Å²) in [6.45, 7) is 2.77. The summed E-state index contributed by atoms with van der Waals surface area (Å²) in [4.78, 5) is 0. The summed E-state index contributed by atoms with van der Waals surface area (Å²) in [5, 5.41) is 0. The summed E-state index contributed by atoms with van der Waals surface area (Å²) in [5.74, 6) is 7.10. The van der Waals surface area contributed by atoms with Crippen molar-refractivity contribution in [3.8, 4) is 23.3 Å². The molecular formula is C13H16O3. The molecule has 3 heteroatoms. The zero-order valence-electron chi connectivity index (χ0n) is 9.87. The average molecular weight is 220 g/mol. The molecule has 0 aliphatic heterocycles. The van der Waals surface area contributed by atoms with Crippen LogP contribution in [0.1, 0.15) is 5.56 Å². The fraction of sp³-hybridized carbons (Fsp3) is 0.385. The van der Waals surface area contributed by atoms with Crippen molar-refractivity contribution in [3.63, 3.8) is 0 Å². The minimum atomic E-state index is 0.336. The van der Waals surface area contributed by atoms with Gasteiger partial charge in [-0.15, -0.1) is 0 Å². The van der Waals surface area contributed by atoms with Gasteiger partial charge in [0, 0.05) is 7.11 Å². The van der Waals surface area contributed by atoms with E-state index in [0.29, 0.717) is 19.0 Å². The van der Waals surface area contributed by atoms with Gasteiger partial charge in [0.1, 0.15) is 13.2 Å². The lowest BCUT2D eigenvalue weighted by Gasteiger charge is -2.08. The third kappa shape index (κ3) is 3.84. The maximum absolute atomic E-state index is 5.48. The lowest BCUT2D eigenvalue weighted by molar-refractivity contribution is 0.239. The molecule has 0 N–H and O–H groups in total. The summed E-state index contributed by atoms with van der Waals surface area (Å²) in [6.07, 6.45) is 0. The Labute approximate surface area is 96.3 Å². The van der Waals surface area contributed by atoms with Gasteiger partial charge in [-0.2, -0.15) is 0 Å². The van der Waals surface area contributed by atoms with E-state index >= 15 is 0 Å². The molecule has 0 radical (unpaired) electrons. The first kappa shape index (κ1) is 12.4. The second-order valence-electron chi connectivity index (χ2n) is 3.23. The number of hydrogen-bond acceptors (Lipinski definition) is 3. The van der Waals surface area contributed by atoms with Gasteiger partial charge in [-0.1, -0.05) is 17.9 Å². The van der Waals surface area contributed by atoms with Crippen LogP contribution in [0.25, 0.3) is 0 Å². The van der Waals surface area contributed by atoms with Gasteiger partial charge in [0.15, 0.2) is 11.5 Å². The Bertz CT molecular complexity index is 388. The van der Waals surface area contributed by atoms with E-state index in [1.165, 1.54) is 0 Å². The highest BCUT2D eigenvalue weighted by Crippen LogP contribution is 2.27. The van der Waals surface area contributed by atoms with Crippen LogP contribution in [0.4, 0.5) is 0 Å². The Morgan fingerprint density at radius 2 is 1.81 bits per heavy atom. The molecule has 1 rings (SSSR count). The van der Waals surface area contributed by atoms with Crippen molar-refractivity contribution in [2.24, 2.45) is 0 Å². The number of ether oxygens (including phenoxy) is 3. The van der Waals surface area contributed by atoms with Crippen molar-refractivity contribution in [3.05, 3.63) is 23.8 Å². The van der Waals surface area contributed by atoms with Crippen LogP contribution in [0.3, 0.4) is 0 Å². The summed E-state index contributed by atoms with van der Waals surface area (Å²) in [7, 11) is 3.23. The van der Waals surface area contributed by atoms with E-state index in [9.17, 15) is 0 Å². The molecule has 0 aromatic heterocycles. The summed E-state index contributed by atoms with van der Waals surface area (Å²) >= 11 is 0. The monoisotopic (exact) mass is 220 g/mol. The van der Waals surface area contributed by atoms with Crippen LogP contribution in [-0.4, -0.2) is 27.4 Å². The number of hydrogen-bond donors (Lipinski definition) is 0. The maximum atomic E-state index is 5.48. The van der Waals surface area contributed by atoms with Gasteiger partial charge >= 0.3 is 0 Å². The Morgan fingerprint density at radius 1 is 1.06 bits per heavy atom. The van der Waals surface area contributed by atoms with Crippen molar-refractivity contribution in [1.82, 2.24) is 0 Å². The van der Waals surface area contributed by atoms with Gasteiger partial charge in [-0.3, -0.25) is 0 Å². The van der Waals surface area contributed by atoms with Gasteiger partial charge in [0.25, 0.3) is 0 Å². The summed E-state index contributed by atoms with van der Waals surface area (Å²) in [6, 6.07) is 5.78. The quantitative estimate of drug-likeness (QED) is 0.727. The molecule has 0 saturated carbocycles.